The number of hydrogen-bond acceptors (Lipinski definition) is 1. The number of para-hydroxylation sites is 1. The highest BCUT2D eigenvalue weighted by molar-refractivity contribution is 6.03. The zero-order chi connectivity index (χ0) is 11.1. The summed E-state index contributed by atoms with van der Waals surface area (Å²) in [6.07, 6.45) is 2.84. The molecule has 16 heavy (non-hydrogen) atoms. The Morgan fingerprint density at radius 2 is 2.12 bits per heavy atom. The number of fused-ring (bicyclic) bond motifs is 3. The van der Waals surface area contributed by atoms with E-state index < -0.39 is 0 Å². The average molecular weight is 213 g/mol. The third kappa shape index (κ3) is 1.29. The van der Waals surface area contributed by atoms with Crippen LogP contribution < -0.4 is 0 Å². The molecule has 2 heteroatoms. The van der Waals surface area contributed by atoms with Gasteiger partial charge in [-0.2, -0.15) is 0 Å². The molecule has 1 aromatic heterocycles. The van der Waals surface area contributed by atoms with E-state index in [1.54, 1.807) is 0 Å². The molecule has 1 aliphatic rings. The molecule has 0 bridgehead atoms. The predicted molar refractivity (Wildman–Crippen MR) is 64.7 cm³/mol. The van der Waals surface area contributed by atoms with Gasteiger partial charge < -0.3 is 4.98 Å². The van der Waals surface area contributed by atoms with Crippen molar-refractivity contribution in [3.8, 4) is 0 Å². The first-order valence-electron chi connectivity index (χ1n) is 5.92. The first kappa shape index (κ1) is 9.64. The van der Waals surface area contributed by atoms with Crippen LogP contribution in [0.25, 0.3) is 10.9 Å². The second kappa shape index (κ2) is 3.48. The smallest absolute Gasteiger partial charge is 0.179 e. The van der Waals surface area contributed by atoms with E-state index >= 15 is 0 Å². The Bertz CT molecular complexity index is 553. The monoisotopic (exact) mass is 213 g/mol. The normalized spacial score (nSPS) is 20.1. The lowest BCUT2D eigenvalue weighted by molar-refractivity contribution is 0.0943. The van der Waals surface area contributed by atoms with Crippen molar-refractivity contribution in [3.05, 3.63) is 35.5 Å². The fourth-order valence-corrected chi connectivity index (χ4v) is 2.66. The van der Waals surface area contributed by atoms with Crippen LogP contribution in [0, 0.1) is 5.92 Å². The summed E-state index contributed by atoms with van der Waals surface area (Å²) in [7, 11) is 0. The summed E-state index contributed by atoms with van der Waals surface area (Å²) in [5.74, 6) is 0.809. The third-order valence-electron chi connectivity index (χ3n) is 3.64. The second-order valence-corrected chi connectivity index (χ2v) is 4.63. The lowest BCUT2D eigenvalue weighted by Crippen LogP contribution is -2.18. The van der Waals surface area contributed by atoms with Crippen LogP contribution in [0.5, 0.6) is 0 Å². The van der Waals surface area contributed by atoms with Crippen molar-refractivity contribution in [1.82, 2.24) is 4.98 Å². The summed E-state index contributed by atoms with van der Waals surface area (Å²) in [5.41, 5.74) is 3.18. The van der Waals surface area contributed by atoms with Gasteiger partial charge in [-0.05, 0) is 24.0 Å². The van der Waals surface area contributed by atoms with Crippen molar-refractivity contribution < 1.29 is 4.79 Å². The number of H-pyrrole nitrogens is 1. The Morgan fingerprint density at radius 3 is 2.94 bits per heavy atom. The van der Waals surface area contributed by atoms with Crippen LogP contribution in [0.1, 0.15) is 35.8 Å². The van der Waals surface area contributed by atoms with Crippen molar-refractivity contribution in [2.24, 2.45) is 5.92 Å². The van der Waals surface area contributed by atoms with Crippen molar-refractivity contribution in [2.45, 2.75) is 26.2 Å². The van der Waals surface area contributed by atoms with Gasteiger partial charge in [-0.1, -0.05) is 31.5 Å². The number of aromatic amines is 1. The van der Waals surface area contributed by atoms with Crippen molar-refractivity contribution in [3.63, 3.8) is 0 Å². The SMILES string of the molecule is CCC1CC(=O)c2[nH]c3ccccc3c2C1. The standard InChI is InChI=1S/C14H15NO/c1-2-9-7-11-10-5-3-4-6-12(10)15-14(11)13(16)8-9/h3-6,9,15H,2,7-8H2,1H3. The van der Waals surface area contributed by atoms with E-state index in [0.717, 1.165) is 24.1 Å². The van der Waals surface area contributed by atoms with E-state index in [-0.39, 0.29) is 5.78 Å². The van der Waals surface area contributed by atoms with Gasteiger partial charge in [-0.3, -0.25) is 4.79 Å². The van der Waals surface area contributed by atoms with Gasteiger partial charge in [-0.25, -0.2) is 0 Å². The van der Waals surface area contributed by atoms with E-state index in [1.807, 2.05) is 18.2 Å². The maximum Gasteiger partial charge on any atom is 0.179 e. The summed E-state index contributed by atoms with van der Waals surface area (Å²) >= 11 is 0. The molecule has 0 radical (unpaired) electrons. The van der Waals surface area contributed by atoms with E-state index in [1.165, 1.54) is 10.9 Å². The zero-order valence-corrected chi connectivity index (χ0v) is 9.42. The number of ketones is 1. The number of benzene rings is 1. The summed E-state index contributed by atoms with van der Waals surface area (Å²) in [6.45, 7) is 2.16. The van der Waals surface area contributed by atoms with Crippen LogP contribution in [0.4, 0.5) is 0 Å². The maximum atomic E-state index is 12.0. The van der Waals surface area contributed by atoms with Gasteiger partial charge in [0.25, 0.3) is 0 Å². The summed E-state index contributed by atoms with van der Waals surface area (Å²) in [4.78, 5) is 15.3. The molecule has 1 heterocycles. The first-order chi connectivity index (χ1) is 7.79. The number of carbonyl (C=O) groups is 1. The van der Waals surface area contributed by atoms with Crippen molar-refractivity contribution >= 4 is 16.7 Å². The van der Waals surface area contributed by atoms with Gasteiger partial charge in [0.2, 0.25) is 0 Å². The molecule has 0 spiro atoms. The lowest BCUT2D eigenvalue weighted by atomic mass is 9.84. The van der Waals surface area contributed by atoms with Crippen LogP contribution in [-0.2, 0) is 6.42 Å². The molecule has 82 valence electrons. The molecule has 1 N–H and O–H groups in total. The molecule has 1 aromatic carbocycles. The maximum absolute atomic E-state index is 12.0. The van der Waals surface area contributed by atoms with Gasteiger partial charge in [-0.15, -0.1) is 0 Å². The quantitative estimate of drug-likeness (QED) is 0.774. The molecule has 3 rings (SSSR count). The highest BCUT2D eigenvalue weighted by Crippen LogP contribution is 2.32. The third-order valence-corrected chi connectivity index (χ3v) is 3.64. The number of rotatable bonds is 1. The Morgan fingerprint density at radius 1 is 1.31 bits per heavy atom. The van der Waals surface area contributed by atoms with E-state index in [9.17, 15) is 4.79 Å². The van der Waals surface area contributed by atoms with Crippen molar-refractivity contribution in [1.29, 1.82) is 0 Å². The Kier molecular flexibility index (Phi) is 2.10. The van der Waals surface area contributed by atoms with E-state index in [0.29, 0.717) is 12.3 Å². The lowest BCUT2D eigenvalue weighted by Gasteiger charge is -2.19. The summed E-state index contributed by atoms with van der Waals surface area (Å²) < 4.78 is 0. The fraction of sp³-hybridized carbons (Fsp3) is 0.357. The molecule has 0 aliphatic heterocycles. The first-order valence-corrected chi connectivity index (χ1v) is 5.92. The minimum Gasteiger partial charge on any atom is -0.352 e. The molecule has 2 nitrogen and oxygen atoms in total. The zero-order valence-electron chi connectivity index (χ0n) is 9.42. The Balaban J connectivity index is 2.22. The van der Waals surface area contributed by atoms with Gasteiger partial charge in [0.1, 0.15) is 0 Å². The molecule has 1 aliphatic carbocycles. The molecular formula is C14H15NO. The highest BCUT2D eigenvalue weighted by atomic mass is 16.1. The van der Waals surface area contributed by atoms with Crippen LogP contribution in [0.15, 0.2) is 24.3 Å². The topological polar surface area (TPSA) is 32.9 Å². The van der Waals surface area contributed by atoms with Gasteiger partial charge in [0.15, 0.2) is 5.78 Å². The minimum atomic E-state index is 0.282. The summed E-state index contributed by atoms with van der Waals surface area (Å²) in [5, 5.41) is 1.23. The number of carbonyl (C=O) groups excluding carboxylic acids is 1. The fourth-order valence-electron chi connectivity index (χ4n) is 2.66. The van der Waals surface area contributed by atoms with Crippen LogP contribution in [-0.4, -0.2) is 10.8 Å². The highest BCUT2D eigenvalue weighted by Gasteiger charge is 2.27. The number of nitrogens with one attached hydrogen (secondary N) is 1. The van der Waals surface area contributed by atoms with Crippen LogP contribution in [0.3, 0.4) is 0 Å². The molecule has 0 fully saturated rings. The number of Topliss-reactive ketones (excluding diaryl/α,β-unsaturated/α-hetero) is 1. The van der Waals surface area contributed by atoms with Gasteiger partial charge in [0.05, 0.1) is 5.69 Å². The predicted octanol–water partition coefficient (Wildman–Crippen LogP) is 3.32. The molecule has 0 saturated carbocycles. The molecule has 2 aromatic rings. The summed E-state index contributed by atoms with van der Waals surface area (Å²) in [6, 6.07) is 8.19. The Labute approximate surface area is 94.7 Å². The van der Waals surface area contributed by atoms with E-state index in [2.05, 4.69) is 18.0 Å². The molecule has 0 amide bonds. The van der Waals surface area contributed by atoms with E-state index in [4.69, 9.17) is 0 Å². The van der Waals surface area contributed by atoms with Gasteiger partial charge in [0, 0.05) is 17.3 Å². The molecule has 0 saturated heterocycles. The molecular weight excluding hydrogens is 198 g/mol. The Hall–Kier alpha value is -1.57. The average Bonchev–Trinajstić information content (AvgIpc) is 2.68. The molecule has 1 unspecified atom stereocenters. The number of aromatic nitrogens is 1. The largest absolute Gasteiger partial charge is 0.352 e. The molecule has 1 atom stereocenters. The van der Waals surface area contributed by atoms with Crippen LogP contribution in [0.2, 0.25) is 0 Å². The minimum absolute atomic E-state index is 0.282. The van der Waals surface area contributed by atoms with Gasteiger partial charge >= 0.3 is 0 Å². The second-order valence-electron chi connectivity index (χ2n) is 4.63. The van der Waals surface area contributed by atoms with Crippen molar-refractivity contribution in [2.75, 3.05) is 0 Å². The number of hydrogen-bond donors (Lipinski definition) is 1. The van der Waals surface area contributed by atoms with Crippen LogP contribution >= 0.6 is 0 Å².